The van der Waals surface area contributed by atoms with Crippen molar-refractivity contribution in [3.05, 3.63) is 12.7 Å². The van der Waals surface area contributed by atoms with Gasteiger partial charge in [0.1, 0.15) is 12.6 Å². The van der Waals surface area contributed by atoms with Crippen molar-refractivity contribution in [3.63, 3.8) is 0 Å². The molecule has 0 aromatic heterocycles. The molecule has 0 saturated carbocycles. The highest BCUT2D eigenvalue weighted by atomic mass is 16.6. The van der Waals surface area contributed by atoms with Gasteiger partial charge in [0.25, 0.3) is 0 Å². The SMILES string of the molecule is C=CCOC(=O)NC(C)C(=O)OCCCCCCCCCCCC. The monoisotopic (exact) mass is 341 g/mol. The number of hydrogen-bond donors (Lipinski definition) is 1. The van der Waals surface area contributed by atoms with E-state index in [-0.39, 0.29) is 6.61 Å². The second kappa shape index (κ2) is 16.3. The summed E-state index contributed by atoms with van der Waals surface area (Å²) in [5.74, 6) is -0.429. The Morgan fingerprint density at radius 2 is 1.50 bits per heavy atom. The minimum atomic E-state index is -0.703. The van der Waals surface area contributed by atoms with Gasteiger partial charge < -0.3 is 14.8 Å². The van der Waals surface area contributed by atoms with Gasteiger partial charge in [-0.3, -0.25) is 0 Å². The van der Waals surface area contributed by atoms with Gasteiger partial charge >= 0.3 is 12.1 Å². The number of carbonyl (C=O) groups excluding carboxylic acids is 2. The Morgan fingerprint density at radius 3 is 2.04 bits per heavy atom. The molecule has 0 aromatic rings. The van der Waals surface area contributed by atoms with E-state index in [4.69, 9.17) is 9.47 Å². The van der Waals surface area contributed by atoms with Gasteiger partial charge in [-0.25, -0.2) is 9.59 Å². The maximum absolute atomic E-state index is 11.7. The van der Waals surface area contributed by atoms with Gasteiger partial charge in [0, 0.05) is 0 Å². The average molecular weight is 341 g/mol. The van der Waals surface area contributed by atoms with E-state index < -0.39 is 18.1 Å². The van der Waals surface area contributed by atoms with Crippen molar-refractivity contribution in [1.29, 1.82) is 0 Å². The molecule has 5 nitrogen and oxygen atoms in total. The Balaban J connectivity index is 3.45. The van der Waals surface area contributed by atoms with Crippen LogP contribution in [0.25, 0.3) is 0 Å². The third-order valence-corrected chi connectivity index (χ3v) is 3.76. The van der Waals surface area contributed by atoms with Crippen LogP contribution in [0.1, 0.15) is 78.1 Å². The van der Waals surface area contributed by atoms with Crippen LogP contribution >= 0.6 is 0 Å². The first-order chi connectivity index (χ1) is 11.6. The Kier molecular flexibility index (Phi) is 15.3. The largest absolute Gasteiger partial charge is 0.464 e. The highest BCUT2D eigenvalue weighted by molar-refractivity contribution is 5.80. The fourth-order valence-electron chi connectivity index (χ4n) is 2.30. The van der Waals surface area contributed by atoms with E-state index in [9.17, 15) is 9.59 Å². The molecular formula is C19H35NO4. The summed E-state index contributed by atoms with van der Waals surface area (Å²) in [6.45, 7) is 7.78. The molecule has 0 aliphatic carbocycles. The third-order valence-electron chi connectivity index (χ3n) is 3.76. The van der Waals surface area contributed by atoms with Gasteiger partial charge in [-0.2, -0.15) is 0 Å². The van der Waals surface area contributed by atoms with Crippen LogP contribution in [0.2, 0.25) is 0 Å². The standard InChI is InChI=1S/C19H35NO4/c1-4-6-7-8-9-10-11-12-13-14-16-23-18(21)17(3)20-19(22)24-15-5-2/h5,17H,2,4,6-16H2,1,3H3,(H,20,22). The number of nitrogens with one attached hydrogen (secondary N) is 1. The lowest BCUT2D eigenvalue weighted by Crippen LogP contribution is -2.40. The van der Waals surface area contributed by atoms with Crippen molar-refractivity contribution in [2.45, 2.75) is 84.1 Å². The molecule has 0 aromatic carbocycles. The maximum Gasteiger partial charge on any atom is 0.408 e. The molecule has 1 N–H and O–H groups in total. The summed E-state index contributed by atoms with van der Waals surface area (Å²) in [4.78, 5) is 23.0. The number of hydrogen-bond acceptors (Lipinski definition) is 4. The lowest BCUT2D eigenvalue weighted by molar-refractivity contribution is -0.145. The predicted octanol–water partition coefficient (Wildman–Crippen LogP) is 4.75. The van der Waals surface area contributed by atoms with Crippen molar-refractivity contribution < 1.29 is 19.1 Å². The van der Waals surface area contributed by atoms with Crippen LogP contribution < -0.4 is 5.32 Å². The van der Waals surface area contributed by atoms with Crippen LogP contribution in [-0.4, -0.2) is 31.3 Å². The normalized spacial score (nSPS) is 11.6. The number of alkyl carbamates (subject to hydrolysis) is 1. The number of ether oxygens (including phenoxy) is 2. The highest BCUT2D eigenvalue weighted by Crippen LogP contribution is 2.10. The summed E-state index contributed by atoms with van der Waals surface area (Å²) in [6, 6.07) is -0.703. The molecule has 1 amide bonds. The number of amides is 1. The minimum absolute atomic E-state index is 0.117. The zero-order valence-electron chi connectivity index (χ0n) is 15.5. The molecule has 0 fully saturated rings. The molecule has 0 bridgehead atoms. The van der Waals surface area contributed by atoms with E-state index in [1.165, 1.54) is 57.4 Å². The van der Waals surface area contributed by atoms with E-state index in [1.807, 2.05) is 0 Å². The molecule has 0 aliphatic heterocycles. The summed E-state index contributed by atoms with van der Waals surface area (Å²) >= 11 is 0. The highest BCUT2D eigenvalue weighted by Gasteiger charge is 2.17. The molecule has 0 aliphatic rings. The van der Waals surface area contributed by atoms with E-state index in [2.05, 4.69) is 18.8 Å². The van der Waals surface area contributed by atoms with Gasteiger partial charge in [-0.15, -0.1) is 0 Å². The predicted molar refractivity (Wildman–Crippen MR) is 96.9 cm³/mol. The quantitative estimate of drug-likeness (QED) is 0.265. The molecule has 1 atom stereocenters. The van der Waals surface area contributed by atoms with Gasteiger partial charge in [0.15, 0.2) is 0 Å². The van der Waals surface area contributed by atoms with Crippen LogP contribution in [0.4, 0.5) is 4.79 Å². The number of esters is 1. The molecule has 0 saturated heterocycles. The Morgan fingerprint density at radius 1 is 0.958 bits per heavy atom. The van der Waals surface area contributed by atoms with Crippen LogP contribution in [0, 0.1) is 0 Å². The number of unbranched alkanes of at least 4 members (excludes halogenated alkanes) is 9. The van der Waals surface area contributed by atoms with E-state index in [0.29, 0.717) is 6.61 Å². The lowest BCUT2D eigenvalue weighted by atomic mass is 10.1. The van der Waals surface area contributed by atoms with Crippen LogP contribution in [0.5, 0.6) is 0 Å². The first-order valence-electron chi connectivity index (χ1n) is 9.32. The van der Waals surface area contributed by atoms with Gasteiger partial charge in [0.2, 0.25) is 0 Å². The third kappa shape index (κ3) is 14.1. The lowest BCUT2D eigenvalue weighted by Gasteiger charge is -2.13. The second-order valence-corrected chi connectivity index (χ2v) is 6.10. The first kappa shape index (κ1) is 22.5. The molecule has 0 heterocycles. The summed E-state index contributed by atoms with van der Waals surface area (Å²) in [5.41, 5.74) is 0. The van der Waals surface area contributed by atoms with Crippen molar-refractivity contribution in [1.82, 2.24) is 5.32 Å². The van der Waals surface area contributed by atoms with Crippen LogP contribution in [0.15, 0.2) is 12.7 Å². The van der Waals surface area contributed by atoms with Crippen molar-refractivity contribution in [2.24, 2.45) is 0 Å². The average Bonchev–Trinajstić information content (AvgIpc) is 2.57. The summed E-state index contributed by atoms with van der Waals surface area (Å²) in [7, 11) is 0. The summed E-state index contributed by atoms with van der Waals surface area (Å²) < 4.78 is 9.90. The van der Waals surface area contributed by atoms with Crippen LogP contribution in [-0.2, 0) is 14.3 Å². The second-order valence-electron chi connectivity index (χ2n) is 6.10. The molecule has 1 unspecified atom stereocenters. The molecule has 5 heteroatoms. The van der Waals surface area contributed by atoms with Crippen molar-refractivity contribution in [2.75, 3.05) is 13.2 Å². The molecule has 0 radical (unpaired) electrons. The van der Waals surface area contributed by atoms with E-state index in [1.54, 1.807) is 6.92 Å². The fourth-order valence-corrected chi connectivity index (χ4v) is 2.30. The Hall–Kier alpha value is -1.52. The summed E-state index contributed by atoms with van der Waals surface area (Å²) in [6.07, 6.45) is 13.2. The van der Waals surface area contributed by atoms with E-state index >= 15 is 0 Å². The molecule has 0 rings (SSSR count). The smallest absolute Gasteiger partial charge is 0.408 e. The molecule has 140 valence electrons. The molecular weight excluding hydrogens is 306 g/mol. The van der Waals surface area contributed by atoms with E-state index in [0.717, 1.165) is 12.8 Å². The molecule has 0 spiro atoms. The number of carbonyl (C=O) groups is 2. The minimum Gasteiger partial charge on any atom is -0.464 e. The number of rotatable bonds is 15. The summed E-state index contributed by atoms with van der Waals surface area (Å²) in [5, 5.41) is 2.42. The Labute approximate surface area is 147 Å². The van der Waals surface area contributed by atoms with Crippen molar-refractivity contribution in [3.8, 4) is 0 Å². The molecule has 24 heavy (non-hydrogen) atoms. The van der Waals surface area contributed by atoms with Crippen LogP contribution in [0.3, 0.4) is 0 Å². The fraction of sp³-hybridized carbons (Fsp3) is 0.789. The van der Waals surface area contributed by atoms with Crippen molar-refractivity contribution >= 4 is 12.1 Å². The van der Waals surface area contributed by atoms with Gasteiger partial charge in [0.05, 0.1) is 6.61 Å². The zero-order valence-corrected chi connectivity index (χ0v) is 15.5. The van der Waals surface area contributed by atoms with Gasteiger partial charge in [-0.1, -0.05) is 77.4 Å². The zero-order chi connectivity index (χ0) is 18.0. The van der Waals surface area contributed by atoms with Gasteiger partial charge in [-0.05, 0) is 13.3 Å². The first-order valence-corrected chi connectivity index (χ1v) is 9.32. The topological polar surface area (TPSA) is 64.6 Å². The Bertz CT molecular complexity index is 344. The maximum atomic E-state index is 11.7.